The molecule has 0 saturated carbocycles. The number of nitrogens with zero attached hydrogens (tertiary/aromatic N) is 4. The number of anilines is 1. The molecule has 0 spiro atoms. The van der Waals surface area contributed by atoms with Crippen molar-refractivity contribution in [3.8, 4) is 5.75 Å². The number of benzene rings is 1. The van der Waals surface area contributed by atoms with Crippen molar-refractivity contribution in [2.75, 3.05) is 45.8 Å². The van der Waals surface area contributed by atoms with Crippen molar-refractivity contribution in [1.29, 1.82) is 0 Å². The molecular weight excluding hydrogens is 323 g/mol. The molecule has 24 heavy (non-hydrogen) atoms. The van der Waals surface area contributed by atoms with E-state index in [4.69, 9.17) is 4.74 Å². The number of piperazine rings is 1. The fourth-order valence-electron chi connectivity index (χ4n) is 2.52. The summed E-state index contributed by atoms with van der Waals surface area (Å²) in [6.45, 7) is 3.05. The van der Waals surface area contributed by atoms with Crippen LogP contribution in [0.5, 0.6) is 5.75 Å². The van der Waals surface area contributed by atoms with Crippen molar-refractivity contribution in [1.82, 2.24) is 19.9 Å². The second-order valence-corrected chi connectivity index (χ2v) is 5.68. The highest BCUT2D eigenvalue weighted by atomic mass is 19.4. The first-order chi connectivity index (χ1) is 11.4. The minimum Gasteiger partial charge on any atom is -0.497 e. The van der Waals surface area contributed by atoms with Gasteiger partial charge in [0.25, 0.3) is 0 Å². The summed E-state index contributed by atoms with van der Waals surface area (Å²) in [6.07, 6.45) is -4.62. The van der Waals surface area contributed by atoms with Crippen LogP contribution in [0, 0.1) is 0 Å². The second-order valence-electron chi connectivity index (χ2n) is 5.68. The summed E-state index contributed by atoms with van der Waals surface area (Å²) in [6, 6.07) is 4.81. The average Bonchev–Trinajstić information content (AvgIpc) is 2.55. The van der Waals surface area contributed by atoms with E-state index in [-0.39, 0.29) is 11.3 Å². The molecule has 0 amide bonds. The average molecular weight is 341 g/mol. The maximum absolute atomic E-state index is 13.1. The number of halogens is 3. The van der Waals surface area contributed by atoms with Crippen LogP contribution in [0.15, 0.2) is 18.2 Å². The molecule has 0 atom stereocenters. The molecule has 2 heterocycles. The van der Waals surface area contributed by atoms with E-state index in [1.54, 1.807) is 12.1 Å². The summed E-state index contributed by atoms with van der Waals surface area (Å²) in [5.41, 5.74) is 3.20. The van der Waals surface area contributed by atoms with E-state index in [1.165, 1.54) is 13.2 Å². The van der Waals surface area contributed by atoms with Crippen LogP contribution in [0.3, 0.4) is 0 Å². The molecule has 3 rings (SSSR count). The molecular formula is C15H18F3N5O. The Morgan fingerprint density at radius 2 is 1.83 bits per heavy atom. The Kier molecular flexibility index (Phi) is 4.46. The molecule has 1 aromatic heterocycles. The van der Waals surface area contributed by atoms with Crippen LogP contribution in [-0.2, 0) is 6.18 Å². The van der Waals surface area contributed by atoms with Crippen molar-refractivity contribution in [3.05, 3.63) is 24.0 Å². The van der Waals surface area contributed by atoms with E-state index in [1.807, 2.05) is 12.1 Å². The van der Waals surface area contributed by atoms with Gasteiger partial charge in [-0.25, -0.2) is 15.0 Å². The van der Waals surface area contributed by atoms with Gasteiger partial charge in [0.15, 0.2) is 5.82 Å². The van der Waals surface area contributed by atoms with Gasteiger partial charge in [-0.15, -0.1) is 0 Å². The molecule has 6 nitrogen and oxygen atoms in total. The molecule has 130 valence electrons. The Morgan fingerprint density at radius 3 is 2.46 bits per heavy atom. The third-order valence-corrected chi connectivity index (χ3v) is 3.92. The molecule has 1 fully saturated rings. The third-order valence-electron chi connectivity index (χ3n) is 3.92. The van der Waals surface area contributed by atoms with E-state index < -0.39 is 12.0 Å². The summed E-state index contributed by atoms with van der Waals surface area (Å²) in [5, 5.41) is 2.38. The zero-order valence-electron chi connectivity index (χ0n) is 13.4. The highest BCUT2D eigenvalue weighted by molar-refractivity contribution is 5.89. The fourth-order valence-corrected chi connectivity index (χ4v) is 2.52. The molecule has 0 bridgehead atoms. The Labute approximate surface area is 137 Å². The lowest BCUT2D eigenvalue weighted by atomic mass is 10.2. The van der Waals surface area contributed by atoms with Gasteiger partial charge in [-0.05, 0) is 19.2 Å². The standard InChI is InChI=1S/C15H18F3N5O/c1-22-5-7-23(8-6-22)21-13-11-4-3-10(24-2)9-12(11)19-14(20-13)15(16,17)18/h3-4,9H,5-8H2,1-2H3,(H,19,20,21). The van der Waals surface area contributed by atoms with Crippen LogP contribution in [0.25, 0.3) is 10.9 Å². The lowest BCUT2D eigenvalue weighted by Crippen LogP contribution is -2.47. The predicted molar refractivity (Wildman–Crippen MR) is 83.8 cm³/mol. The Morgan fingerprint density at radius 1 is 1.12 bits per heavy atom. The molecule has 9 heteroatoms. The van der Waals surface area contributed by atoms with Crippen molar-refractivity contribution < 1.29 is 17.9 Å². The molecule has 1 aliphatic heterocycles. The predicted octanol–water partition coefficient (Wildman–Crippen LogP) is 2.23. The number of likely N-dealkylation sites (N-methyl/N-ethyl adjacent to an activating group) is 1. The number of nitrogens with one attached hydrogen (secondary N) is 1. The Hall–Kier alpha value is -2.13. The fraction of sp³-hybridized carbons (Fsp3) is 0.467. The lowest BCUT2D eigenvalue weighted by molar-refractivity contribution is -0.144. The minimum absolute atomic E-state index is 0.152. The summed E-state index contributed by atoms with van der Waals surface area (Å²) >= 11 is 0. The zero-order valence-corrected chi connectivity index (χ0v) is 13.4. The molecule has 1 saturated heterocycles. The maximum Gasteiger partial charge on any atom is 0.451 e. The maximum atomic E-state index is 13.1. The number of hydrazine groups is 1. The third kappa shape index (κ3) is 3.51. The van der Waals surface area contributed by atoms with Crippen LogP contribution < -0.4 is 10.2 Å². The zero-order chi connectivity index (χ0) is 17.3. The number of ether oxygens (including phenoxy) is 1. The van der Waals surface area contributed by atoms with Crippen LogP contribution in [0.2, 0.25) is 0 Å². The number of rotatable bonds is 3. The summed E-state index contributed by atoms with van der Waals surface area (Å²) in [4.78, 5) is 9.49. The van der Waals surface area contributed by atoms with Crippen molar-refractivity contribution >= 4 is 16.7 Å². The first-order valence-corrected chi connectivity index (χ1v) is 7.50. The van der Waals surface area contributed by atoms with Crippen molar-refractivity contribution in [2.45, 2.75) is 6.18 Å². The number of fused-ring (bicyclic) bond motifs is 1. The first kappa shape index (κ1) is 16.7. The van der Waals surface area contributed by atoms with Crippen molar-refractivity contribution in [3.63, 3.8) is 0 Å². The van der Waals surface area contributed by atoms with E-state index >= 15 is 0 Å². The van der Waals surface area contributed by atoms with E-state index in [9.17, 15) is 13.2 Å². The van der Waals surface area contributed by atoms with Gasteiger partial charge >= 0.3 is 6.18 Å². The molecule has 0 unspecified atom stereocenters. The summed E-state index contributed by atoms with van der Waals surface area (Å²) in [7, 11) is 3.46. The van der Waals surface area contributed by atoms with E-state index in [2.05, 4.69) is 20.3 Å². The highest BCUT2D eigenvalue weighted by Gasteiger charge is 2.35. The summed E-state index contributed by atoms with van der Waals surface area (Å²) in [5.74, 6) is -0.570. The number of hydrogen-bond acceptors (Lipinski definition) is 6. The van der Waals surface area contributed by atoms with Gasteiger partial charge in [0, 0.05) is 37.6 Å². The van der Waals surface area contributed by atoms with Crippen LogP contribution in [0.1, 0.15) is 5.82 Å². The van der Waals surface area contributed by atoms with Gasteiger partial charge in [-0.3, -0.25) is 0 Å². The van der Waals surface area contributed by atoms with Gasteiger partial charge in [0.05, 0.1) is 12.6 Å². The monoisotopic (exact) mass is 341 g/mol. The lowest BCUT2D eigenvalue weighted by Gasteiger charge is -2.33. The minimum atomic E-state index is -4.62. The summed E-state index contributed by atoms with van der Waals surface area (Å²) < 4.78 is 44.4. The Balaban J connectivity index is 2.00. The van der Waals surface area contributed by atoms with Crippen LogP contribution >= 0.6 is 0 Å². The molecule has 0 aliphatic carbocycles. The molecule has 0 radical (unpaired) electrons. The van der Waals surface area contributed by atoms with E-state index in [0.717, 1.165) is 13.1 Å². The quantitative estimate of drug-likeness (QED) is 0.924. The molecule has 1 aliphatic rings. The Bertz CT molecular complexity index is 729. The first-order valence-electron chi connectivity index (χ1n) is 7.50. The smallest absolute Gasteiger partial charge is 0.451 e. The number of alkyl halides is 3. The van der Waals surface area contributed by atoms with E-state index in [0.29, 0.717) is 24.2 Å². The van der Waals surface area contributed by atoms with Crippen molar-refractivity contribution in [2.24, 2.45) is 0 Å². The number of aromatic nitrogens is 2. The van der Waals surface area contributed by atoms with Crippen LogP contribution in [0.4, 0.5) is 19.0 Å². The van der Waals surface area contributed by atoms with Crippen LogP contribution in [-0.4, -0.2) is 60.2 Å². The highest BCUT2D eigenvalue weighted by Crippen LogP contribution is 2.31. The van der Waals surface area contributed by atoms with Gasteiger partial charge in [0.2, 0.25) is 5.82 Å². The molecule has 1 aromatic carbocycles. The number of methoxy groups -OCH3 is 1. The topological polar surface area (TPSA) is 53.5 Å². The van der Waals surface area contributed by atoms with Gasteiger partial charge in [0.1, 0.15) is 5.75 Å². The number of hydrogen-bond donors (Lipinski definition) is 1. The SMILES string of the molecule is COc1ccc2c(NN3CCN(C)CC3)nc(C(F)(F)F)nc2c1. The van der Waals surface area contributed by atoms with Gasteiger partial charge < -0.3 is 15.1 Å². The normalized spacial score (nSPS) is 17.2. The largest absolute Gasteiger partial charge is 0.497 e. The molecule has 1 N–H and O–H groups in total. The second kappa shape index (κ2) is 6.40. The van der Waals surface area contributed by atoms with Gasteiger partial charge in [-0.2, -0.15) is 13.2 Å². The van der Waals surface area contributed by atoms with Gasteiger partial charge in [-0.1, -0.05) is 0 Å². The molecule has 2 aromatic rings.